The molecule has 0 spiro atoms. The van der Waals surface area contributed by atoms with Gasteiger partial charge < -0.3 is 5.73 Å². The van der Waals surface area contributed by atoms with Crippen molar-refractivity contribution < 1.29 is 4.79 Å². The van der Waals surface area contributed by atoms with E-state index in [1.165, 1.54) is 11.1 Å². The lowest BCUT2D eigenvalue weighted by molar-refractivity contribution is -0.123. The molecule has 2 nitrogen and oxygen atoms in total. The summed E-state index contributed by atoms with van der Waals surface area (Å²) in [6.07, 6.45) is 4.03. The molecule has 0 aliphatic heterocycles. The minimum atomic E-state index is -0.163. The summed E-state index contributed by atoms with van der Waals surface area (Å²) >= 11 is 0. The number of carbonyl (C=O) groups is 1. The zero-order valence-corrected chi connectivity index (χ0v) is 11.1. The summed E-state index contributed by atoms with van der Waals surface area (Å²) in [5.74, 6) is 0.582. The van der Waals surface area contributed by atoms with E-state index in [0.717, 1.165) is 12.8 Å². The topological polar surface area (TPSA) is 43.1 Å². The monoisotopic (exact) mass is 243 g/mol. The van der Waals surface area contributed by atoms with Crippen LogP contribution in [0, 0.1) is 17.8 Å². The van der Waals surface area contributed by atoms with Gasteiger partial charge in [-0.15, -0.1) is 0 Å². The molecule has 0 saturated heterocycles. The van der Waals surface area contributed by atoms with E-state index in [1.807, 2.05) is 6.07 Å². The summed E-state index contributed by atoms with van der Waals surface area (Å²) in [7, 11) is 0. The molecule has 0 aromatic heterocycles. The van der Waals surface area contributed by atoms with E-state index in [-0.39, 0.29) is 11.8 Å². The normalized spacial score (nSPS) is 27.7. The number of carbonyl (C=O) groups excluding carboxylic acids is 1. The van der Waals surface area contributed by atoms with Gasteiger partial charge in [0.05, 0.1) is 0 Å². The highest BCUT2D eigenvalue weighted by Crippen LogP contribution is 2.41. The van der Waals surface area contributed by atoms with Gasteiger partial charge in [0.2, 0.25) is 5.91 Å². The smallest absolute Gasteiger partial charge is 0.221 e. The first kappa shape index (κ1) is 12.9. The van der Waals surface area contributed by atoms with E-state index in [2.05, 4.69) is 44.2 Å². The van der Waals surface area contributed by atoms with Gasteiger partial charge in [0.25, 0.3) is 0 Å². The van der Waals surface area contributed by atoms with Gasteiger partial charge in [0.15, 0.2) is 0 Å². The Morgan fingerprint density at radius 1 is 1.33 bits per heavy atom. The number of benzene rings is 1. The van der Waals surface area contributed by atoms with Gasteiger partial charge in [0.1, 0.15) is 0 Å². The van der Waals surface area contributed by atoms with Crippen LogP contribution >= 0.6 is 0 Å². The minimum Gasteiger partial charge on any atom is -0.369 e. The first-order chi connectivity index (χ1) is 8.65. The Morgan fingerprint density at radius 3 is 2.56 bits per heavy atom. The summed E-state index contributed by atoms with van der Waals surface area (Å²) in [5.41, 5.74) is 8.15. The number of hydrogen-bond donors (Lipinski definition) is 1. The van der Waals surface area contributed by atoms with Crippen molar-refractivity contribution in [2.24, 2.45) is 23.5 Å². The fourth-order valence-corrected chi connectivity index (χ4v) is 3.11. The Morgan fingerprint density at radius 2 is 2.00 bits per heavy atom. The molecule has 0 bridgehead atoms. The van der Waals surface area contributed by atoms with E-state index in [4.69, 9.17) is 5.73 Å². The van der Waals surface area contributed by atoms with Crippen LogP contribution < -0.4 is 5.73 Å². The van der Waals surface area contributed by atoms with Gasteiger partial charge in [-0.3, -0.25) is 4.79 Å². The second-order valence-electron chi connectivity index (χ2n) is 5.14. The molecule has 0 heterocycles. The molecular formula is C16H21NO. The summed E-state index contributed by atoms with van der Waals surface area (Å²) in [6.45, 7) is 4.33. The second kappa shape index (κ2) is 5.38. The molecule has 0 fully saturated rings. The van der Waals surface area contributed by atoms with Crippen LogP contribution in [-0.2, 0) is 4.79 Å². The molecule has 1 aromatic carbocycles. The molecule has 18 heavy (non-hydrogen) atoms. The number of rotatable bonds is 3. The number of primary amides is 1. The fraction of sp³-hybridized carbons (Fsp3) is 0.438. The quantitative estimate of drug-likeness (QED) is 0.870. The van der Waals surface area contributed by atoms with Gasteiger partial charge in [-0.2, -0.15) is 0 Å². The lowest BCUT2D eigenvalue weighted by atomic mass is 9.70. The van der Waals surface area contributed by atoms with Gasteiger partial charge >= 0.3 is 0 Å². The predicted octanol–water partition coefficient (Wildman–Crippen LogP) is 3.24. The molecule has 2 rings (SSSR count). The molecule has 2 heteroatoms. The fourth-order valence-electron chi connectivity index (χ4n) is 3.11. The van der Waals surface area contributed by atoms with Crippen LogP contribution in [0.3, 0.4) is 0 Å². The van der Waals surface area contributed by atoms with Crippen LogP contribution in [0.15, 0.2) is 36.4 Å². The number of amides is 1. The highest BCUT2D eigenvalue weighted by atomic mass is 16.1. The molecule has 0 unspecified atom stereocenters. The van der Waals surface area contributed by atoms with Crippen molar-refractivity contribution in [1.29, 1.82) is 0 Å². The Bertz CT molecular complexity index is 449. The van der Waals surface area contributed by atoms with Crippen LogP contribution in [0.5, 0.6) is 0 Å². The third-order valence-corrected chi connectivity index (χ3v) is 4.17. The third-order valence-electron chi connectivity index (χ3n) is 4.17. The Hall–Kier alpha value is -1.57. The van der Waals surface area contributed by atoms with Crippen molar-refractivity contribution in [3.63, 3.8) is 0 Å². The van der Waals surface area contributed by atoms with Crippen LogP contribution in [0.4, 0.5) is 0 Å². The maximum Gasteiger partial charge on any atom is 0.221 e. The van der Waals surface area contributed by atoms with Crippen LogP contribution in [0.2, 0.25) is 0 Å². The highest BCUT2D eigenvalue weighted by Gasteiger charge is 2.33. The van der Waals surface area contributed by atoms with Crippen molar-refractivity contribution in [2.75, 3.05) is 0 Å². The molecule has 0 saturated carbocycles. The maximum absolute atomic E-state index is 11.5. The summed E-state index contributed by atoms with van der Waals surface area (Å²) in [6, 6.07) is 10.4. The molecule has 96 valence electrons. The average Bonchev–Trinajstić information content (AvgIpc) is 2.39. The molecule has 0 radical (unpaired) electrons. The number of allylic oxidation sites excluding steroid dienone is 2. The predicted molar refractivity (Wildman–Crippen MR) is 74.7 cm³/mol. The van der Waals surface area contributed by atoms with E-state index >= 15 is 0 Å². The zero-order chi connectivity index (χ0) is 13.1. The van der Waals surface area contributed by atoms with Crippen molar-refractivity contribution in [2.45, 2.75) is 26.7 Å². The van der Waals surface area contributed by atoms with E-state index in [1.54, 1.807) is 0 Å². The van der Waals surface area contributed by atoms with E-state index < -0.39 is 0 Å². The lowest BCUT2D eigenvalue weighted by Gasteiger charge is -2.34. The highest BCUT2D eigenvalue weighted by molar-refractivity contribution is 5.79. The van der Waals surface area contributed by atoms with Crippen LogP contribution in [-0.4, -0.2) is 5.91 Å². The van der Waals surface area contributed by atoms with Crippen LogP contribution in [0.25, 0.3) is 5.57 Å². The molecule has 1 aliphatic rings. The largest absolute Gasteiger partial charge is 0.369 e. The van der Waals surface area contributed by atoms with Crippen molar-refractivity contribution in [3.8, 4) is 0 Å². The molecule has 1 amide bonds. The SMILES string of the molecule is CC[C@@H]1C(c2ccccc2)=CC[C@H](C(N)=O)[C@H]1C. The number of nitrogens with two attached hydrogens (primary N) is 1. The van der Waals surface area contributed by atoms with Gasteiger partial charge in [-0.1, -0.05) is 50.3 Å². The molecule has 1 aromatic rings. The Kier molecular flexibility index (Phi) is 3.85. The van der Waals surface area contributed by atoms with E-state index in [0.29, 0.717) is 11.8 Å². The number of hydrogen-bond acceptors (Lipinski definition) is 1. The van der Waals surface area contributed by atoms with Crippen LogP contribution in [0.1, 0.15) is 32.3 Å². The van der Waals surface area contributed by atoms with Crippen molar-refractivity contribution >= 4 is 11.5 Å². The molecule has 2 N–H and O–H groups in total. The van der Waals surface area contributed by atoms with E-state index in [9.17, 15) is 4.79 Å². The molecule has 1 aliphatic carbocycles. The van der Waals surface area contributed by atoms with Gasteiger partial charge in [-0.25, -0.2) is 0 Å². The van der Waals surface area contributed by atoms with Gasteiger partial charge in [0, 0.05) is 5.92 Å². The van der Waals surface area contributed by atoms with Crippen molar-refractivity contribution in [1.82, 2.24) is 0 Å². The second-order valence-corrected chi connectivity index (χ2v) is 5.14. The van der Waals surface area contributed by atoms with Crippen molar-refractivity contribution in [3.05, 3.63) is 42.0 Å². The molecular weight excluding hydrogens is 222 g/mol. The standard InChI is InChI=1S/C16H21NO/c1-3-13-11(2)14(16(17)18)9-10-15(13)12-7-5-4-6-8-12/h4-8,10-11,13-14H,3,9H2,1-2H3,(H2,17,18)/t11-,13-,14-/m0/s1. The summed E-state index contributed by atoms with van der Waals surface area (Å²) in [4.78, 5) is 11.5. The lowest BCUT2D eigenvalue weighted by Crippen LogP contribution is -2.35. The summed E-state index contributed by atoms with van der Waals surface area (Å²) in [5, 5.41) is 0. The van der Waals surface area contributed by atoms with Gasteiger partial charge in [-0.05, 0) is 35.8 Å². The Labute approximate surface area is 109 Å². The third kappa shape index (κ3) is 2.33. The summed E-state index contributed by atoms with van der Waals surface area (Å²) < 4.78 is 0. The molecule has 3 atom stereocenters. The minimum absolute atomic E-state index is 0.0117. The first-order valence-electron chi connectivity index (χ1n) is 6.70. The first-order valence-corrected chi connectivity index (χ1v) is 6.70. The average molecular weight is 243 g/mol. The Balaban J connectivity index is 2.34. The maximum atomic E-state index is 11.5. The zero-order valence-electron chi connectivity index (χ0n) is 11.1.